The molecule has 1 saturated heterocycles. The van der Waals surface area contributed by atoms with Gasteiger partial charge in [0.1, 0.15) is 0 Å². The highest BCUT2D eigenvalue weighted by Crippen LogP contribution is 2.32. The van der Waals surface area contributed by atoms with E-state index in [2.05, 4.69) is 26.1 Å². The quantitative estimate of drug-likeness (QED) is 0.814. The van der Waals surface area contributed by atoms with E-state index in [1.165, 1.54) is 12.8 Å². The van der Waals surface area contributed by atoms with Gasteiger partial charge in [-0.05, 0) is 45.4 Å². The molecule has 1 heterocycles. The van der Waals surface area contributed by atoms with Gasteiger partial charge in [-0.1, -0.05) is 19.8 Å². The molecule has 2 rings (SSSR count). The Kier molecular flexibility index (Phi) is 4.35. The largest absolute Gasteiger partial charge is 0.389 e. The Morgan fingerprint density at radius 2 is 2.06 bits per heavy atom. The first-order chi connectivity index (χ1) is 8.39. The number of ether oxygens (including phenoxy) is 1. The predicted molar refractivity (Wildman–Crippen MR) is 73.6 cm³/mol. The number of aliphatic hydroxyl groups is 1. The number of nitrogens with one attached hydrogen (secondary N) is 1. The molecular weight excluding hydrogens is 226 g/mol. The molecule has 3 heteroatoms. The van der Waals surface area contributed by atoms with Gasteiger partial charge in [0.25, 0.3) is 0 Å². The molecule has 0 aromatic rings. The maximum absolute atomic E-state index is 10.6. The highest BCUT2D eigenvalue weighted by Gasteiger charge is 2.34. The van der Waals surface area contributed by atoms with Crippen molar-refractivity contribution in [2.45, 2.75) is 76.5 Å². The minimum absolute atomic E-state index is 0.0155. The maximum atomic E-state index is 10.6. The van der Waals surface area contributed by atoms with E-state index in [1.54, 1.807) is 0 Å². The zero-order valence-corrected chi connectivity index (χ0v) is 12.2. The molecule has 2 fully saturated rings. The summed E-state index contributed by atoms with van der Waals surface area (Å²) in [6.45, 7) is 8.13. The molecule has 3 nitrogen and oxygen atoms in total. The summed E-state index contributed by atoms with van der Waals surface area (Å²) in [4.78, 5) is 0. The van der Waals surface area contributed by atoms with Crippen LogP contribution in [0.25, 0.3) is 0 Å². The van der Waals surface area contributed by atoms with Gasteiger partial charge < -0.3 is 15.2 Å². The summed E-state index contributed by atoms with van der Waals surface area (Å²) in [5.74, 6) is 0.664. The van der Waals surface area contributed by atoms with Gasteiger partial charge in [0.05, 0.1) is 11.2 Å². The number of hydrogen-bond acceptors (Lipinski definition) is 3. The SMILES string of the molecule is CC1CCCC(O)(CNC2CCOC(C)(C)C2)C1. The molecule has 0 radical (unpaired) electrons. The van der Waals surface area contributed by atoms with Crippen molar-refractivity contribution in [1.29, 1.82) is 0 Å². The molecular formula is C15H29NO2. The normalized spacial score (nSPS) is 40.7. The third kappa shape index (κ3) is 3.94. The lowest BCUT2D eigenvalue weighted by molar-refractivity contribution is -0.0693. The van der Waals surface area contributed by atoms with Crippen molar-refractivity contribution in [3.05, 3.63) is 0 Å². The standard InChI is InChI=1S/C15H29NO2/c1-12-5-4-7-15(17,9-12)11-16-13-6-8-18-14(2,3)10-13/h12-13,16-17H,4-11H2,1-3H3. The minimum atomic E-state index is -0.472. The van der Waals surface area contributed by atoms with E-state index in [4.69, 9.17) is 4.74 Å². The molecule has 18 heavy (non-hydrogen) atoms. The third-order valence-electron chi connectivity index (χ3n) is 4.48. The summed E-state index contributed by atoms with van der Waals surface area (Å²) in [5.41, 5.74) is -0.488. The lowest BCUT2D eigenvalue weighted by Gasteiger charge is -2.40. The Hall–Kier alpha value is -0.120. The first-order valence-electron chi connectivity index (χ1n) is 7.48. The van der Waals surface area contributed by atoms with Crippen LogP contribution in [0, 0.1) is 5.92 Å². The van der Waals surface area contributed by atoms with E-state index in [0.29, 0.717) is 12.0 Å². The van der Waals surface area contributed by atoms with E-state index in [1.807, 2.05) is 0 Å². The van der Waals surface area contributed by atoms with Crippen molar-refractivity contribution in [3.8, 4) is 0 Å². The number of rotatable bonds is 3. The molecule has 0 amide bonds. The van der Waals surface area contributed by atoms with Crippen LogP contribution in [0.2, 0.25) is 0 Å². The highest BCUT2D eigenvalue weighted by molar-refractivity contribution is 4.90. The molecule has 2 N–H and O–H groups in total. The van der Waals surface area contributed by atoms with E-state index >= 15 is 0 Å². The summed E-state index contributed by atoms with van der Waals surface area (Å²) in [7, 11) is 0. The zero-order valence-electron chi connectivity index (χ0n) is 12.2. The fourth-order valence-electron chi connectivity index (χ4n) is 3.53. The Bertz CT molecular complexity index is 280. The molecule has 0 spiro atoms. The molecule has 0 aromatic carbocycles. The second kappa shape index (κ2) is 5.48. The van der Waals surface area contributed by atoms with Crippen LogP contribution < -0.4 is 5.32 Å². The molecule has 1 aliphatic carbocycles. The second-order valence-electron chi connectivity index (χ2n) is 7.10. The van der Waals surface area contributed by atoms with Crippen molar-refractivity contribution in [2.75, 3.05) is 13.2 Å². The van der Waals surface area contributed by atoms with Crippen LogP contribution in [-0.2, 0) is 4.74 Å². The monoisotopic (exact) mass is 255 g/mol. The fraction of sp³-hybridized carbons (Fsp3) is 1.00. The lowest BCUT2D eigenvalue weighted by Crippen LogP contribution is -2.50. The van der Waals surface area contributed by atoms with Gasteiger partial charge in [-0.25, -0.2) is 0 Å². The fourth-order valence-corrected chi connectivity index (χ4v) is 3.53. The van der Waals surface area contributed by atoms with E-state index in [-0.39, 0.29) is 5.60 Å². The highest BCUT2D eigenvalue weighted by atomic mass is 16.5. The Morgan fingerprint density at radius 1 is 1.28 bits per heavy atom. The molecule has 1 saturated carbocycles. The van der Waals surface area contributed by atoms with Crippen molar-refractivity contribution in [2.24, 2.45) is 5.92 Å². The summed E-state index contributed by atoms with van der Waals surface area (Å²) >= 11 is 0. The van der Waals surface area contributed by atoms with Crippen LogP contribution in [0.3, 0.4) is 0 Å². The van der Waals surface area contributed by atoms with Crippen LogP contribution in [0.15, 0.2) is 0 Å². The summed E-state index contributed by atoms with van der Waals surface area (Å²) in [5, 5.41) is 14.2. The molecule has 3 atom stereocenters. The van der Waals surface area contributed by atoms with Crippen molar-refractivity contribution >= 4 is 0 Å². The van der Waals surface area contributed by atoms with E-state index < -0.39 is 5.60 Å². The molecule has 2 aliphatic rings. The third-order valence-corrected chi connectivity index (χ3v) is 4.48. The van der Waals surface area contributed by atoms with E-state index in [0.717, 1.165) is 38.8 Å². The Balaban J connectivity index is 1.80. The molecule has 0 bridgehead atoms. The average molecular weight is 255 g/mol. The first-order valence-corrected chi connectivity index (χ1v) is 7.48. The Labute approximate surface area is 111 Å². The van der Waals surface area contributed by atoms with Crippen molar-refractivity contribution in [3.63, 3.8) is 0 Å². The van der Waals surface area contributed by atoms with Gasteiger partial charge in [0, 0.05) is 19.2 Å². The van der Waals surface area contributed by atoms with Crippen molar-refractivity contribution in [1.82, 2.24) is 5.32 Å². The second-order valence-corrected chi connectivity index (χ2v) is 7.10. The minimum Gasteiger partial charge on any atom is -0.389 e. The molecule has 0 aromatic heterocycles. The number of hydrogen-bond donors (Lipinski definition) is 2. The average Bonchev–Trinajstić information content (AvgIpc) is 2.25. The lowest BCUT2D eigenvalue weighted by atomic mass is 9.78. The van der Waals surface area contributed by atoms with Gasteiger partial charge in [-0.15, -0.1) is 0 Å². The van der Waals surface area contributed by atoms with Gasteiger partial charge in [0.2, 0.25) is 0 Å². The van der Waals surface area contributed by atoms with E-state index in [9.17, 15) is 5.11 Å². The molecule has 106 valence electrons. The van der Waals surface area contributed by atoms with Crippen LogP contribution in [0.4, 0.5) is 0 Å². The van der Waals surface area contributed by atoms with Gasteiger partial charge in [-0.3, -0.25) is 0 Å². The van der Waals surface area contributed by atoms with Crippen LogP contribution in [-0.4, -0.2) is 35.5 Å². The van der Waals surface area contributed by atoms with Crippen LogP contribution >= 0.6 is 0 Å². The maximum Gasteiger partial charge on any atom is 0.0774 e. The van der Waals surface area contributed by atoms with Gasteiger partial charge in [-0.2, -0.15) is 0 Å². The van der Waals surface area contributed by atoms with Crippen LogP contribution in [0.1, 0.15) is 59.3 Å². The Morgan fingerprint density at radius 3 is 2.72 bits per heavy atom. The van der Waals surface area contributed by atoms with Gasteiger partial charge in [0.15, 0.2) is 0 Å². The smallest absolute Gasteiger partial charge is 0.0774 e. The van der Waals surface area contributed by atoms with Gasteiger partial charge >= 0.3 is 0 Å². The zero-order chi connectivity index (χ0) is 13.2. The summed E-state index contributed by atoms with van der Waals surface area (Å²) in [6, 6.07) is 0.495. The topological polar surface area (TPSA) is 41.5 Å². The first kappa shape index (κ1) is 14.3. The summed E-state index contributed by atoms with van der Waals surface area (Å²) < 4.78 is 5.73. The molecule has 3 unspecified atom stereocenters. The molecule has 1 aliphatic heterocycles. The summed E-state index contributed by atoms with van der Waals surface area (Å²) in [6.07, 6.45) is 6.45. The predicted octanol–water partition coefficient (Wildman–Crippen LogP) is 2.47. The van der Waals surface area contributed by atoms with Crippen molar-refractivity contribution < 1.29 is 9.84 Å². The van der Waals surface area contributed by atoms with Crippen LogP contribution in [0.5, 0.6) is 0 Å².